The normalized spacial score (nSPS) is 10.6. The van der Waals surface area contributed by atoms with Crippen LogP contribution < -0.4 is 15.9 Å². The van der Waals surface area contributed by atoms with Crippen LogP contribution in [-0.4, -0.2) is 23.7 Å². The molecule has 2 aromatic rings. The number of hydrogen-bond donors (Lipinski definition) is 2. The molecule has 0 heterocycles. The lowest BCUT2D eigenvalue weighted by atomic mass is 10.1. The second kappa shape index (κ2) is 8.44. The average Bonchev–Trinajstić information content (AvgIpc) is 2.58. The highest BCUT2D eigenvalue weighted by molar-refractivity contribution is 5.84. The van der Waals surface area contributed by atoms with E-state index in [-0.39, 0.29) is 23.8 Å². The highest BCUT2D eigenvalue weighted by Crippen LogP contribution is 2.27. The van der Waals surface area contributed by atoms with Crippen LogP contribution in [0.3, 0.4) is 0 Å². The van der Waals surface area contributed by atoms with Crippen LogP contribution in [0.1, 0.15) is 18.1 Å². The molecule has 0 aliphatic carbocycles. The van der Waals surface area contributed by atoms with Crippen molar-refractivity contribution in [2.24, 2.45) is 5.10 Å². The maximum absolute atomic E-state index is 11.8. The number of ether oxygens (including phenoxy) is 1. The summed E-state index contributed by atoms with van der Waals surface area (Å²) in [4.78, 5) is 22.4. The highest BCUT2D eigenvalue weighted by atomic mass is 16.6. The molecule has 2 aromatic carbocycles. The first-order chi connectivity index (χ1) is 12.0. The molecule has 0 atom stereocenters. The summed E-state index contributed by atoms with van der Waals surface area (Å²) in [5.74, 6) is -0.113. The first-order valence-corrected chi connectivity index (χ1v) is 7.57. The van der Waals surface area contributed by atoms with Crippen molar-refractivity contribution in [1.29, 1.82) is 0 Å². The summed E-state index contributed by atoms with van der Waals surface area (Å²) in [6, 6.07) is 11.4. The van der Waals surface area contributed by atoms with Gasteiger partial charge in [0.05, 0.1) is 24.2 Å². The molecule has 0 radical (unpaired) electrons. The Kier molecular flexibility index (Phi) is 6.05. The summed E-state index contributed by atoms with van der Waals surface area (Å²) in [7, 11) is 0. The number of amides is 1. The fraction of sp³-hybridized carbons (Fsp3) is 0.176. The maximum Gasteiger partial charge on any atom is 0.311 e. The van der Waals surface area contributed by atoms with Crippen molar-refractivity contribution < 1.29 is 14.5 Å². The van der Waals surface area contributed by atoms with Gasteiger partial charge in [-0.25, -0.2) is 5.43 Å². The van der Waals surface area contributed by atoms with Gasteiger partial charge in [-0.05, 0) is 36.8 Å². The molecular weight excluding hydrogens is 324 g/mol. The van der Waals surface area contributed by atoms with Crippen molar-refractivity contribution in [1.82, 2.24) is 5.43 Å². The molecule has 1 amide bonds. The van der Waals surface area contributed by atoms with E-state index in [0.29, 0.717) is 17.9 Å². The molecule has 0 saturated heterocycles. The lowest BCUT2D eigenvalue weighted by Gasteiger charge is -2.04. The molecule has 0 spiro atoms. The second-order valence-corrected chi connectivity index (χ2v) is 5.13. The monoisotopic (exact) mass is 342 g/mol. The van der Waals surface area contributed by atoms with Crippen molar-refractivity contribution in [3.63, 3.8) is 0 Å². The molecular formula is C17H18N4O4. The third-order valence-electron chi connectivity index (χ3n) is 3.23. The van der Waals surface area contributed by atoms with Gasteiger partial charge in [0, 0.05) is 17.3 Å². The number of hydrazone groups is 1. The number of nitrogens with zero attached hydrogens (tertiary/aromatic N) is 2. The van der Waals surface area contributed by atoms with E-state index in [1.807, 2.05) is 0 Å². The molecule has 8 nitrogen and oxygen atoms in total. The molecule has 130 valence electrons. The van der Waals surface area contributed by atoms with Gasteiger partial charge in [0.2, 0.25) is 5.91 Å². The predicted octanol–water partition coefficient (Wildman–Crippen LogP) is 2.27. The van der Waals surface area contributed by atoms with E-state index in [0.717, 1.165) is 5.56 Å². The number of nitrogens with one attached hydrogen (secondary N) is 1. The Morgan fingerprint density at radius 2 is 2.04 bits per heavy atom. The number of nitro benzene ring substituents is 1. The zero-order valence-corrected chi connectivity index (χ0v) is 13.6. The summed E-state index contributed by atoms with van der Waals surface area (Å²) < 4.78 is 5.21. The molecule has 2 rings (SSSR count). The first kappa shape index (κ1) is 17.9. The zero-order chi connectivity index (χ0) is 18.2. The molecule has 0 aliphatic rings. The summed E-state index contributed by atoms with van der Waals surface area (Å²) in [6.45, 7) is 2.07. The van der Waals surface area contributed by atoms with Gasteiger partial charge in [-0.1, -0.05) is 12.1 Å². The minimum absolute atomic E-state index is 0.154. The molecule has 8 heteroatoms. The van der Waals surface area contributed by atoms with Crippen molar-refractivity contribution >= 4 is 23.5 Å². The number of carbonyl (C=O) groups is 1. The lowest BCUT2D eigenvalue weighted by Crippen LogP contribution is -2.19. The zero-order valence-electron chi connectivity index (χ0n) is 13.6. The van der Waals surface area contributed by atoms with E-state index in [4.69, 9.17) is 10.5 Å². The van der Waals surface area contributed by atoms with Crippen LogP contribution in [-0.2, 0) is 11.2 Å². The second-order valence-electron chi connectivity index (χ2n) is 5.13. The topological polar surface area (TPSA) is 120 Å². The molecule has 0 aliphatic heterocycles. The average molecular weight is 342 g/mol. The Hall–Kier alpha value is -3.42. The van der Waals surface area contributed by atoms with Crippen LogP contribution in [0, 0.1) is 10.1 Å². The van der Waals surface area contributed by atoms with E-state index in [9.17, 15) is 14.9 Å². The minimum Gasteiger partial charge on any atom is -0.487 e. The van der Waals surface area contributed by atoms with E-state index < -0.39 is 4.92 Å². The minimum atomic E-state index is -0.526. The van der Waals surface area contributed by atoms with Crippen molar-refractivity contribution in [3.05, 3.63) is 63.7 Å². The summed E-state index contributed by atoms with van der Waals surface area (Å²) in [6.07, 6.45) is 1.49. The summed E-state index contributed by atoms with van der Waals surface area (Å²) >= 11 is 0. The Morgan fingerprint density at radius 1 is 1.32 bits per heavy atom. The van der Waals surface area contributed by atoms with Gasteiger partial charge in [-0.3, -0.25) is 14.9 Å². The van der Waals surface area contributed by atoms with Gasteiger partial charge in [0.25, 0.3) is 0 Å². The van der Waals surface area contributed by atoms with E-state index in [1.54, 1.807) is 37.3 Å². The Morgan fingerprint density at radius 3 is 2.68 bits per heavy atom. The van der Waals surface area contributed by atoms with Gasteiger partial charge >= 0.3 is 5.69 Å². The third kappa shape index (κ3) is 5.31. The van der Waals surface area contributed by atoms with E-state index in [1.165, 1.54) is 18.3 Å². The molecule has 0 aromatic heterocycles. The molecule has 0 fully saturated rings. The highest BCUT2D eigenvalue weighted by Gasteiger charge is 2.15. The fourth-order valence-electron chi connectivity index (χ4n) is 2.07. The third-order valence-corrected chi connectivity index (χ3v) is 3.23. The van der Waals surface area contributed by atoms with E-state index in [2.05, 4.69) is 10.5 Å². The molecule has 25 heavy (non-hydrogen) atoms. The van der Waals surface area contributed by atoms with Crippen LogP contribution in [0.15, 0.2) is 47.6 Å². The smallest absolute Gasteiger partial charge is 0.311 e. The number of nitro groups is 1. The maximum atomic E-state index is 11.8. The van der Waals surface area contributed by atoms with Crippen molar-refractivity contribution in [2.45, 2.75) is 13.3 Å². The fourth-order valence-corrected chi connectivity index (χ4v) is 2.07. The number of nitrogens with two attached hydrogens (primary N) is 1. The largest absolute Gasteiger partial charge is 0.487 e. The Balaban J connectivity index is 1.99. The van der Waals surface area contributed by atoms with Crippen LogP contribution >= 0.6 is 0 Å². The van der Waals surface area contributed by atoms with Crippen molar-refractivity contribution in [2.75, 3.05) is 12.3 Å². The number of rotatable bonds is 7. The number of hydrogen-bond acceptors (Lipinski definition) is 6. The van der Waals surface area contributed by atoms with Crippen LogP contribution in [0.25, 0.3) is 0 Å². The molecule has 0 bridgehead atoms. The SMILES string of the molecule is CCOc1ccc(/C=N\NC(=O)Cc2ccc(N)cc2)cc1[N+](=O)[O-]. The van der Waals surface area contributed by atoms with Crippen LogP contribution in [0.5, 0.6) is 5.75 Å². The Labute approximate surface area is 144 Å². The Bertz CT molecular complexity index is 788. The summed E-state index contributed by atoms with van der Waals surface area (Å²) in [5.41, 5.74) is 9.71. The van der Waals surface area contributed by atoms with Gasteiger partial charge in [0.1, 0.15) is 0 Å². The standard InChI is InChI=1S/C17H18N4O4/c1-2-25-16-8-5-13(9-15(16)21(23)24)11-19-20-17(22)10-12-3-6-14(18)7-4-12/h3-9,11H,2,10,18H2,1H3,(H,20,22)/b19-11-. The molecule has 0 saturated carbocycles. The number of benzene rings is 2. The number of carbonyl (C=O) groups excluding carboxylic acids is 1. The van der Waals surface area contributed by atoms with Gasteiger partial charge < -0.3 is 10.5 Å². The lowest BCUT2D eigenvalue weighted by molar-refractivity contribution is -0.385. The number of nitrogen functional groups attached to an aromatic ring is 1. The quantitative estimate of drug-likeness (QED) is 0.346. The molecule has 0 unspecified atom stereocenters. The molecule has 3 N–H and O–H groups in total. The van der Waals surface area contributed by atoms with Crippen LogP contribution in [0.4, 0.5) is 11.4 Å². The number of anilines is 1. The van der Waals surface area contributed by atoms with Crippen molar-refractivity contribution in [3.8, 4) is 5.75 Å². The van der Waals surface area contributed by atoms with Crippen LogP contribution in [0.2, 0.25) is 0 Å². The summed E-state index contributed by atoms with van der Waals surface area (Å²) in [5, 5.41) is 14.9. The predicted molar refractivity (Wildman–Crippen MR) is 94.6 cm³/mol. The van der Waals surface area contributed by atoms with E-state index >= 15 is 0 Å². The van der Waals surface area contributed by atoms with Gasteiger partial charge in [-0.2, -0.15) is 5.10 Å². The van der Waals surface area contributed by atoms with Gasteiger partial charge in [0.15, 0.2) is 5.75 Å². The van der Waals surface area contributed by atoms with Gasteiger partial charge in [-0.15, -0.1) is 0 Å². The first-order valence-electron chi connectivity index (χ1n) is 7.57.